The van der Waals surface area contributed by atoms with Crippen LogP contribution in [0.3, 0.4) is 0 Å². The Morgan fingerprint density at radius 1 is 0.561 bits per heavy atom. The second-order valence-electron chi connectivity index (χ2n) is 17.9. The van der Waals surface area contributed by atoms with Crippen LogP contribution in [-0.2, 0) is 4.74 Å². The van der Waals surface area contributed by atoms with Gasteiger partial charge in [-0.25, -0.2) is 41.7 Å². The van der Waals surface area contributed by atoms with Gasteiger partial charge in [-0.2, -0.15) is 0 Å². The van der Waals surface area contributed by atoms with Crippen molar-refractivity contribution in [2.24, 2.45) is 0 Å². The normalized spacial score (nSPS) is 10.7. The van der Waals surface area contributed by atoms with Crippen molar-refractivity contribution in [2.75, 3.05) is 22.5 Å². The summed E-state index contributed by atoms with van der Waals surface area (Å²) in [4.78, 5) is 46.9. The van der Waals surface area contributed by atoms with Gasteiger partial charge >= 0.3 is 12.1 Å². The monoisotopic (exact) mass is 1450 g/mol. The Bertz CT molecular complexity index is 4020. The van der Waals surface area contributed by atoms with Gasteiger partial charge < -0.3 is 37.3 Å². The van der Waals surface area contributed by atoms with Crippen LogP contribution in [0, 0.1) is 23.3 Å². The predicted molar refractivity (Wildman–Crippen MR) is 333 cm³/mol. The number of carboxylic acids is 1. The highest BCUT2D eigenvalue weighted by Gasteiger charge is 2.26. The third-order valence-electron chi connectivity index (χ3n) is 10.6. The summed E-state index contributed by atoms with van der Waals surface area (Å²) < 4.78 is 63.7. The number of carbonyl (C=O) groups excluding carboxylic acids is 2. The van der Waals surface area contributed by atoms with E-state index in [0.29, 0.717) is 78.7 Å². The lowest BCUT2D eigenvalue weighted by Crippen LogP contribution is -2.27. The van der Waals surface area contributed by atoms with E-state index in [2.05, 4.69) is 84.0 Å². The smallest absolute Gasteiger partial charge is 0.420 e. The average molecular weight is 1460 g/mol. The molecule has 0 fully saturated rings. The van der Waals surface area contributed by atoms with Gasteiger partial charge in [0.05, 0.1) is 67.1 Å². The second-order valence-corrected chi connectivity index (χ2v) is 23.3. The summed E-state index contributed by atoms with van der Waals surface area (Å²) in [5.74, 6) is -3.34. The molecule has 0 aliphatic rings. The predicted octanol–water partition coefficient (Wildman–Crippen LogP) is 18.7. The maximum atomic E-state index is 14.4. The molecule has 10 aromatic rings. The number of carboxylic acid groups (broad SMARTS) is 1. The summed E-state index contributed by atoms with van der Waals surface area (Å²) in [5.41, 5.74) is 20.4. The van der Waals surface area contributed by atoms with Crippen molar-refractivity contribution >= 4 is 173 Å². The number of anilines is 4. The highest BCUT2D eigenvalue weighted by atomic mass is 79.9. The van der Waals surface area contributed by atoms with Gasteiger partial charge in [-0.3, -0.25) is 4.79 Å². The number of aromatic amines is 1. The number of hydrogen-bond donors (Lipinski definition) is 6. The molecule has 424 valence electrons. The van der Waals surface area contributed by atoms with Crippen LogP contribution in [0.5, 0.6) is 0 Å². The van der Waals surface area contributed by atoms with Crippen LogP contribution in [-0.4, -0.2) is 48.2 Å². The molecule has 9 N–H and O–H groups in total. The van der Waals surface area contributed by atoms with E-state index >= 15 is 0 Å². The molecule has 0 aliphatic carbocycles. The molecule has 0 radical (unpaired) electrons. The Kier molecular flexibility index (Phi) is 22.4. The van der Waals surface area contributed by atoms with Gasteiger partial charge in [-0.15, -0.1) is 0 Å². The van der Waals surface area contributed by atoms with E-state index < -0.39 is 41.0 Å². The molecule has 1 amide bonds. The molecule has 0 aliphatic heterocycles. The number of halogens is 12. The lowest BCUT2D eigenvalue weighted by atomic mass is 10.2. The van der Waals surface area contributed by atoms with Crippen LogP contribution in [0.25, 0.3) is 44.8 Å². The zero-order chi connectivity index (χ0) is 60.3. The molecule has 13 nitrogen and oxygen atoms in total. The minimum Gasteiger partial charge on any atom is -0.478 e. The first-order valence-corrected chi connectivity index (χ1v) is 28.0. The summed E-state index contributed by atoms with van der Waals surface area (Å²) in [6, 6.07) is 37.0. The Morgan fingerprint density at radius 3 is 1.62 bits per heavy atom. The maximum Gasteiger partial charge on any atom is 0.420 e. The molecule has 0 saturated heterocycles. The van der Waals surface area contributed by atoms with E-state index in [4.69, 9.17) is 73.4 Å². The lowest BCUT2D eigenvalue weighted by Gasteiger charge is -2.20. The summed E-state index contributed by atoms with van der Waals surface area (Å²) >= 11 is 36.2. The fraction of sp³-hybridized carbons (Fsp3) is 0.0702. The number of nitrogens with two attached hydrogens (primary N) is 3. The van der Waals surface area contributed by atoms with Gasteiger partial charge in [0.1, 0.15) is 34.7 Å². The first-order valence-electron chi connectivity index (χ1n) is 23.3. The van der Waals surface area contributed by atoms with Gasteiger partial charge in [0.25, 0.3) is 5.91 Å². The van der Waals surface area contributed by atoms with E-state index in [1.807, 2.05) is 0 Å². The van der Waals surface area contributed by atoms with Crippen molar-refractivity contribution in [2.45, 2.75) is 26.4 Å². The number of nitrogens with zero attached hydrogens (tertiary/aromatic N) is 3. The van der Waals surface area contributed by atoms with Crippen molar-refractivity contribution in [1.29, 1.82) is 0 Å². The number of amides is 1. The van der Waals surface area contributed by atoms with Crippen LogP contribution in [0.15, 0.2) is 163 Å². The summed E-state index contributed by atoms with van der Waals surface area (Å²) in [6.07, 6.45) is -0.633. The largest absolute Gasteiger partial charge is 0.478 e. The third-order valence-corrected chi connectivity index (χ3v) is 13.5. The van der Waals surface area contributed by atoms with E-state index in [0.717, 1.165) is 21.6 Å². The van der Waals surface area contributed by atoms with Crippen LogP contribution >= 0.6 is 110 Å². The van der Waals surface area contributed by atoms with Gasteiger partial charge in [0.15, 0.2) is 5.82 Å². The van der Waals surface area contributed by atoms with Crippen molar-refractivity contribution in [1.82, 2.24) is 19.5 Å². The SMILES string of the molecule is CC(C)(C)OC(=O)n1c(-c2cc(Br)ccc2F)nc2cc(Cl)ccc21.Fc1ccc(Br)cc1-c1nc2ccc(Cl)cc2[nH]1.Nc1ccc(Cl)cc1N.Nc1ccc(Cl)cc1NC(=O)c1cc(Br)ccc1F.O=C(O)c1cc(Br)ccc1F. The zero-order valence-electron chi connectivity index (χ0n) is 42.5. The Balaban J connectivity index is 0.000000172. The fourth-order valence-electron chi connectivity index (χ4n) is 6.89. The quantitative estimate of drug-likeness (QED) is 0.0707. The molecular weight excluding hydrogens is 1410 g/mol. The van der Waals surface area contributed by atoms with Crippen molar-refractivity contribution in [3.8, 4) is 22.8 Å². The van der Waals surface area contributed by atoms with Gasteiger partial charge in [-0.1, -0.05) is 110 Å². The van der Waals surface area contributed by atoms with Gasteiger partial charge in [-0.05, 0) is 166 Å². The molecule has 8 aromatic carbocycles. The molecule has 0 atom stereocenters. The Hall–Kier alpha value is -6.69. The zero-order valence-corrected chi connectivity index (χ0v) is 51.9. The number of fused-ring (bicyclic) bond motifs is 2. The lowest BCUT2D eigenvalue weighted by molar-refractivity contribution is 0.0545. The fourth-order valence-corrected chi connectivity index (χ4v) is 9.02. The van der Waals surface area contributed by atoms with Crippen molar-refractivity contribution < 1.29 is 41.8 Å². The second kappa shape index (κ2) is 28.5. The summed E-state index contributed by atoms with van der Waals surface area (Å²) in [5, 5.41) is 13.1. The molecule has 0 unspecified atom stereocenters. The van der Waals surface area contributed by atoms with Crippen LogP contribution in [0.2, 0.25) is 20.1 Å². The van der Waals surface area contributed by atoms with E-state index in [1.165, 1.54) is 53.1 Å². The van der Waals surface area contributed by atoms with Crippen LogP contribution < -0.4 is 22.5 Å². The minimum absolute atomic E-state index is 0.0752. The number of benzene rings is 8. The van der Waals surface area contributed by atoms with Crippen LogP contribution in [0.4, 0.5) is 45.1 Å². The van der Waals surface area contributed by atoms with E-state index in [1.54, 1.807) is 112 Å². The molecule has 25 heteroatoms. The Morgan fingerprint density at radius 2 is 1.05 bits per heavy atom. The number of aromatic carboxylic acids is 1. The number of carbonyl (C=O) groups is 3. The first kappa shape index (κ1) is 64.5. The first-order chi connectivity index (χ1) is 38.6. The average Bonchev–Trinajstić information content (AvgIpc) is 3.23. The van der Waals surface area contributed by atoms with Crippen LogP contribution in [0.1, 0.15) is 41.5 Å². The van der Waals surface area contributed by atoms with Crippen molar-refractivity contribution in [3.05, 3.63) is 218 Å². The minimum atomic E-state index is -1.26. The molecule has 2 heterocycles. The third kappa shape index (κ3) is 17.9. The number of nitrogens with one attached hydrogen (secondary N) is 2. The van der Waals surface area contributed by atoms with Crippen molar-refractivity contribution in [3.63, 3.8) is 0 Å². The van der Waals surface area contributed by atoms with E-state index in [-0.39, 0.29) is 28.3 Å². The highest BCUT2D eigenvalue weighted by molar-refractivity contribution is 9.11. The number of aromatic nitrogens is 4. The molecule has 2 aromatic heterocycles. The number of hydrogen-bond acceptors (Lipinski definition) is 9. The number of nitrogen functional groups attached to an aromatic ring is 3. The molecule has 82 heavy (non-hydrogen) atoms. The standard InChI is InChI=1S/C18H15BrClFN2O2.C13H9BrClFN2O.C13H7BrClFN2.C7H4BrFO2.C6H7ClN2/c1-18(2,3)25-17(24)23-15-7-5-11(20)9-14(15)22-16(23)12-8-10(19)4-6-13(12)21;14-7-1-3-10(16)9(5-7)13(19)18-12-6-8(15)2-4-11(12)17;14-7-1-3-10(16)9(5-7)13-17-11-4-2-8(15)6-12(11)18-13;8-4-1-2-6(9)5(3-4)7(10)11;7-4-1-2-5(8)6(9)3-4/h4-9H,1-3H3;1-6H,17H2,(H,18,19);1-6H,(H,17,18);1-3H,(H,10,11);1-3H,8-9H2. The Labute approximate surface area is 519 Å². The number of rotatable bonds is 5. The molecule has 0 saturated carbocycles. The summed E-state index contributed by atoms with van der Waals surface area (Å²) in [6.45, 7) is 5.29. The topological polar surface area (TPSA) is 217 Å². The number of H-pyrrole nitrogens is 1. The molecule has 10 rings (SSSR count). The molecule has 0 bridgehead atoms. The maximum absolute atomic E-state index is 14.4. The molecule has 0 spiro atoms. The number of imidazole rings is 2. The number of ether oxygens (including phenoxy) is 1. The highest BCUT2D eigenvalue weighted by Crippen LogP contribution is 2.33. The van der Waals surface area contributed by atoms with Gasteiger partial charge in [0, 0.05) is 38.0 Å². The van der Waals surface area contributed by atoms with Gasteiger partial charge in [0.2, 0.25) is 0 Å². The summed E-state index contributed by atoms with van der Waals surface area (Å²) in [7, 11) is 0. The van der Waals surface area contributed by atoms with E-state index in [9.17, 15) is 31.9 Å². The molecular formula is C57H42Br4Cl4F4N8O5.